The summed E-state index contributed by atoms with van der Waals surface area (Å²) in [4.78, 5) is 0. The molecule has 9 nitrogen and oxygen atoms in total. The topological polar surface area (TPSA) is 83.1 Å². The lowest BCUT2D eigenvalue weighted by atomic mass is 10.3. The third kappa shape index (κ3) is 15.3. The molecule has 0 aliphatic heterocycles. The highest BCUT2D eigenvalue weighted by Gasteiger charge is 2.46. The first kappa shape index (κ1) is 49.2. The fraction of sp³-hybridized carbons (Fsp3) is 0.833. The summed E-state index contributed by atoms with van der Waals surface area (Å²) in [5.74, 6) is 0. The summed E-state index contributed by atoms with van der Waals surface area (Å²) in [6, 6.07) is 13.3. The van der Waals surface area contributed by atoms with Crippen LogP contribution in [0.15, 0.2) is 18.2 Å². The summed E-state index contributed by atoms with van der Waals surface area (Å²) in [6.07, 6.45) is 0. The van der Waals surface area contributed by atoms with Gasteiger partial charge in [-0.1, -0.05) is 73.0 Å². The summed E-state index contributed by atoms with van der Waals surface area (Å²) in [5.41, 5.74) is 0. The number of hydrogen-bond acceptors (Lipinski definition) is 9. The summed E-state index contributed by atoms with van der Waals surface area (Å²) in [6.45, 7) is 38.8. The van der Waals surface area contributed by atoms with Crippen LogP contribution in [0.25, 0.3) is 0 Å². The van der Waals surface area contributed by atoms with Gasteiger partial charge in [0.25, 0.3) is 0 Å². The zero-order valence-corrected chi connectivity index (χ0v) is 41.5. The van der Waals surface area contributed by atoms with Crippen LogP contribution in [0, 0.1) is 0 Å². The fourth-order valence-corrected chi connectivity index (χ4v) is 28.4. The van der Waals surface area contributed by atoms with Gasteiger partial charge in [0.15, 0.2) is 0 Å². The van der Waals surface area contributed by atoms with Crippen molar-refractivity contribution in [2.75, 3.05) is 59.5 Å². The first-order valence-corrected chi connectivity index (χ1v) is 35.3. The number of hydrogen-bond donors (Lipinski definition) is 0. The molecule has 0 fully saturated rings. The molecule has 0 saturated heterocycles. The molecule has 0 N–H and O–H groups in total. The number of rotatable bonds is 30. The Labute approximate surface area is 320 Å². The highest BCUT2D eigenvalue weighted by Crippen LogP contribution is 2.28. The lowest BCUT2D eigenvalue weighted by molar-refractivity contribution is 0.0717. The highest BCUT2D eigenvalue weighted by atomic mass is 28.4. The van der Waals surface area contributed by atoms with E-state index in [9.17, 15) is 0 Å². The van der Waals surface area contributed by atoms with E-state index in [1.54, 1.807) is 0 Å². The van der Waals surface area contributed by atoms with Crippen molar-refractivity contribution in [3.05, 3.63) is 18.2 Å². The lowest BCUT2D eigenvalue weighted by Crippen LogP contribution is -2.56. The maximum absolute atomic E-state index is 6.31. The van der Waals surface area contributed by atoms with E-state index in [0.29, 0.717) is 59.5 Å². The van der Waals surface area contributed by atoms with E-state index in [1.165, 1.54) is 15.6 Å². The third-order valence-corrected chi connectivity index (χ3v) is 30.4. The molecule has 1 rings (SSSR count). The van der Waals surface area contributed by atoms with E-state index in [4.69, 9.17) is 39.8 Å². The minimum atomic E-state index is -2.78. The number of benzene rings is 1. The average molecular weight is 824 g/mol. The van der Waals surface area contributed by atoms with Gasteiger partial charge in [0.1, 0.15) is 0 Å². The fourth-order valence-electron chi connectivity index (χ4n) is 6.63. The molecule has 0 saturated carbocycles. The lowest BCUT2D eigenvalue weighted by Gasteiger charge is -2.36. The standard InChI is InChI=1S/C36H78O9Si6/c1-16-37-49(38-17-2,39-18-3)28-25-46(10,11)34-31-35(47(12,13)26-29-50(40-19-4,41-20-5)42-21-6)33-36(32-34)48(14,15)27-30-51(43-22-7,44-23-8)45-24-9/h31-33H,16-30H2,1-15H3. The molecule has 0 unspecified atom stereocenters. The van der Waals surface area contributed by atoms with Crippen molar-refractivity contribution in [2.24, 2.45) is 0 Å². The summed E-state index contributed by atoms with van der Waals surface area (Å²) in [7, 11) is -14.3. The van der Waals surface area contributed by atoms with Crippen LogP contribution in [-0.4, -0.2) is 110 Å². The highest BCUT2D eigenvalue weighted by molar-refractivity contribution is 6.96. The second-order valence-corrected chi connectivity index (χ2v) is 37.6. The molecule has 0 amide bonds. The van der Waals surface area contributed by atoms with E-state index in [2.05, 4.69) is 57.5 Å². The predicted molar refractivity (Wildman–Crippen MR) is 229 cm³/mol. The van der Waals surface area contributed by atoms with Gasteiger partial charge >= 0.3 is 26.4 Å². The van der Waals surface area contributed by atoms with Gasteiger partial charge in [-0.15, -0.1) is 0 Å². The van der Waals surface area contributed by atoms with Crippen LogP contribution in [0.5, 0.6) is 0 Å². The Morgan fingerprint density at radius 2 is 0.451 bits per heavy atom. The van der Waals surface area contributed by atoms with Crippen LogP contribution in [0.1, 0.15) is 62.3 Å². The minimum absolute atomic E-state index is 0.597. The molecule has 0 aliphatic carbocycles. The van der Waals surface area contributed by atoms with Gasteiger partial charge in [-0.05, 0) is 80.4 Å². The molecule has 1 aromatic rings. The maximum atomic E-state index is 6.31. The average Bonchev–Trinajstić information content (AvgIpc) is 3.07. The molecule has 0 spiro atoms. The normalized spacial score (nSPS) is 13.7. The molecule has 0 aliphatic rings. The summed E-state index contributed by atoms with van der Waals surface area (Å²) in [5, 5.41) is 4.53. The largest absolute Gasteiger partial charge is 0.500 e. The van der Waals surface area contributed by atoms with Crippen LogP contribution in [0.2, 0.25) is 75.5 Å². The molecule has 0 radical (unpaired) electrons. The molecule has 0 heterocycles. The maximum Gasteiger partial charge on any atom is 0.500 e. The van der Waals surface area contributed by atoms with Crippen molar-refractivity contribution in [1.82, 2.24) is 0 Å². The van der Waals surface area contributed by atoms with Crippen molar-refractivity contribution in [3.8, 4) is 0 Å². The van der Waals surface area contributed by atoms with Crippen LogP contribution in [0.4, 0.5) is 0 Å². The van der Waals surface area contributed by atoms with Gasteiger partial charge in [0, 0.05) is 77.6 Å². The van der Waals surface area contributed by atoms with Gasteiger partial charge in [-0.3, -0.25) is 0 Å². The van der Waals surface area contributed by atoms with Gasteiger partial charge < -0.3 is 39.8 Å². The Morgan fingerprint density at radius 1 is 0.294 bits per heavy atom. The van der Waals surface area contributed by atoms with E-state index in [0.717, 1.165) is 36.3 Å². The molecule has 15 heteroatoms. The Bertz CT molecular complexity index is 912. The Kier molecular flexibility index (Phi) is 22.5. The Morgan fingerprint density at radius 3 is 0.588 bits per heavy atom. The summed E-state index contributed by atoms with van der Waals surface area (Å²) >= 11 is 0. The molecule has 1 aromatic carbocycles. The second kappa shape index (κ2) is 23.3. The smallest absolute Gasteiger partial charge is 0.374 e. The van der Waals surface area contributed by atoms with Gasteiger partial charge in [-0.2, -0.15) is 0 Å². The first-order valence-electron chi connectivity index (χ1n) is 19.9. The molecular weight excluding hydrogens is 745 g/mol. The van der Waals surface area contributed by atoms with Gasteiger partial charge in [0.05, 0.1) is 24.2 Å². The zero-order valence-electron chi connectivity index (χ0n) is 35.5. The van der Waals surface area contributed by atoms with Crippen LogP contribution >= 0.6 is 0 Å². The SMILES string of the molecule is CCO[Si](CC[Si](C)(C)c1cc([Si](C)(C)CC[Si](OCC)(OCC)OCC)cc([Si](C)(C)CC[Si](OCC)(OCC)OCC)c1)(OCC)OCC. The van der Waals surface area contributed by atoms with Crippen molar-refractivity contribution >= 4 is 66.2 Å². The third-order valence-electron chi connectivity index (χ3n) is 9.72. The van der Waals surface area contributed by atoms with E-state index >= 15 is 0 Å². The second-order valence-electron chi connectivity index (χ2n) is 14.9. The van der Waals surface area contributed by atoms with Crippen molar-refractivity contribution in [1.29, 1.82) is 0 Å². The van der Waals surface area contributed by atoms with Crippen molar-refractivity contribution in [3.63, 3.8) is 0 Å². The Hall–Kier alpha value is 0.161. The predicted octanol–water partition coefficient (Wildman–Crippen LogP) is 7.58. The van der Waals surface area contributed by atoms with Crippen LogP contribution in [0.3, 0.4) is 0 Å². The summed E-state index contributed by atoms with van der Waals surface area (Å²) < 4.78 is 56.8. The van der Waals surface area contributed by atoms with E-state index in [1.807, 2.05) is 62.3 Å². The molecular formula is C36H78O9Si6. The van der Waals surface area contributed by atoms with Crippen LogP contribution < -0.4 is 15.6 Å². The molecule has 0 bridgehead atoms. The first-order chi connectivity index (χ1) is 24.0. The zero-order chi connectivity index (χ0) is 38.8. The molecule has 51 heavy (non-hydrogen) atoms. The molecule has 0 atom stereocenters. The van der Waals surface area contributed by atoms with Crippen molar-refractivity contribution in [2.45, 2.75) is 138 Å². The monoisotopic (exact) mass is 822 g/mol. The van der Waals surface area contributed by atoms with E-state index in [-0.39, 0.29) is 0 Å². The quantitative estimate of drug-likeness (QED) is 0.0730. The Balaban J connectivity index is 3.78. The minimum Gasteiger partial charge on any atom is -0.374 e. The molecule has 300 valence electrons. The van der Waals surface area contributed by atoms with Gasteiger partial charge in [0.2, 0.25) is 0 Å². The van der Waals surface area contributed by atoms with Crippen molar-refractivity contribution < 1.29 is 39.8 Å². The van der Waals surface area contributed by atoms with E-state index < -0.39 is 50.6 Å². The molecule has 0 aromatic heterocycles. The van der Waals surface area contributed by atoms with Crippen LogP contribution in [-0.2, 0) is 39.8 Å². The van der Waals surface area contributed by atoms with Gasteiger partial charge in [-0.25, -0.2) is 0 Å².